The third-order valence-electron chi connectivity index (χ3n) is 5.21. The lowest BCUT2D eigenvalue weighted by atomic mass is 9.73. The Balaban J connectivity index is 1.95. The van der Waals surface area contributed by atoms with Crippen LogP contribution in [0.3, 0.4) is 0 Å². The molecular formula is C18H33NO. The zero-order valence-corrected chi connectivity index (χ0v) is 13.7. The molecule has 2 aliphatic rings. The first-order chi connectivity index (χ1) is 9.72. The molecular weight excluding hydrogens is 246 g/mol. The first kappa shape index (κ1) is 15.9. The molecule has 0 bridgehead atoms. The van der Waals surface area contributed by atoms with Gasteiger partial charge in [-0.3, -0.25) is 0 Å². The van der Waals surface area contributed by atoms with Crippen molar-refractivity contribution in [2.75, 3.05) is 13.2 Å². The summed E-state index contributed by atoms with van der Waals surface area (Å²) in [5, 5.41) is 3.80. The molecule has 1 aliphatic heterocycles. The van der Waals surface area contributed by atoms with E-state index >= 15 is 0 Å². The molecule has 1 heterocycles. The summed E-state index contributed by atoms with van der Waals surface area (Å²) in [5.41, 5.74) is 1.53. The summed E-state index contributed by atoms with van der Waals surface area (Å²) in [6, 6.07) is 0.573. The summed E-state index contributed by atoms with van der Waals surface area (Å²) < 4.78 is 5.59. The molecule has 0 saturated heterocycles. The fourth-order valence-corrected chi connectivity index (χ4v) is 3.86. The van der Waals surface area contributed by atoms with Crippen LogP contribution < -0.4 is 5.32 Å². The SMILES string of the molecule is CCCNC(C1=COCCC1)C1CCC(C(C)C)CC1. The molecule has 0 aromatic rings. The second-order valence-corrected chi connectivity index (χ2v) is 7.02. The van der Waals surface area contributed by atoms with Crippen LogP contribution in [0.25, 0.3) is 0 Å². The highest BCUT2D eigenvalue weighted by atomic mass is 16.5. The van der Waals surface area contributed by atoms with Gasteiger partial charge in [-0.25, -0.2) is 0 Å². The Morgan fingerprint density at radius 2 is 1.90 bits per heavy atom. The predicted molar refractivity (Wildman–Crippen MR) is 85.6 cm³/mol. The number of hydrogen-bond acceptors (Lipinski definition) is 2. The minimum absolute atomic E-state index is 0.573. The Hall–Kier alpha value is -0.500. The van der Waals surface area contributed by atoms with Crippen LogP contribution in [-0.2, 0) is 4.74 Å². The lowest BCUT2D eigenvalue weighted by molar-refractivity contribution is 0.181. The summed E-state index contributed by atoms with van der Waals surface area (Å²) in [6.45, 7) is 9.06. The second kappa shape index (κ2) is 8.07. The van der Waals surface area contributed by atoms with E-state index in [0.29, 0.717) is 6.04 Å². The van der Waals surface area contributed by atoms with Gasteiger partial charge in [-0.2, -0.15) is 0 Å². The zero-order chi connectivity index (χ0) is 14.4. The van der Waals surface area contributed by atoms with Gasteiger partial charge >= 0.3 is 0 Å². The highest BCUT2D eigenvalue weighted by Gasteiger charge is 2.30. The molecule has 2 heteroatoms. The minimum atomic E-state index is 0.573. The lowest BCUT2D eigenvalue weighted by Gasteiger charge is -2.37. The highest BCUT2D eigenvalue weighted by Crippen LogP contribution is 2.37. The van der Waals surface area contributed by atoms with Gasteiger partial charge in [-0.15, -0.1) is 0 Å². The van der Waals surface area contributed by atoms with Crippen molar-refractivity contribution in [3.05, 3.63) is 11.8 Å². The van der Waals surface area contributed by atoms with E-state index in [0.717, 1.165) is 30.9 Å². The normalized spacial score (nSPS) is 28.9. The molecule has 0 radical (unpaired) electrons. The van der Waals surface area contributed by atoms with E-state index in [2.05, 4.69) is 32.4 Å². The molecule has 0 spiro atoms. The smallest absolute Gasteiger partial charge is 0.0876 e. The van der Waals surface area contributed by atoms with E-state index in [-0.39, 0.29) is 0 Å². The Labute approximate surface area is 125 Å². The van der Waals surface area contributed by atoms with Gasteiger partial charge in [-0.1, -0.05) is 20.8 Å². The van der Waals surface area contributed by atoms with E-state index in [4.69, 9.17) is 4.74 Å². The monoisotopic (exact) mass is 279 g/mol. The van der Waals surface area contributed by atoms with E-state index in [1.54, 1.807) is 0 Å². The van der Waals surface area contributed by atoms with Crippen molar-refractivity contribution >= 4 is 0 Å². The molecule has 1 aliphatic carbocycles. The summed E-state index contributed by atoms with van der Waals surface area (Å²) in [5.74, 6) is 2.63. The maximum Gasteiger partial charge on any atom is 0.0876 e. The van der Waals surface area contributed by atoms with E-state index in [1.165, 1.54) is 50.5 Å². The van der Waals surface area contributed by atoms with Gasteiger partial charge in [0, 0.05) is 6.04 Å². The van der Waals surface area contributed by atoms with Crippen LogP contribution in [0, 0.1) is 17.8 Å². The van der Waals surface area contributed by atoms with Gasteiger partial charge in [0.2, 0.25) is 0 Å². The Kier molecular flexibility index (Phi) is 6.41. The molecule has 1 saturated carbocycles. The third kappa shape index (κ3) is 4.25. The summed E-state index contributed by atoms with van der Waals surface area (Å²) in [7, 11) is 0. The molecule has 0 aromatic carbocycles. The molecule has 1 atom stereocenters. The van der Waals surface area contributed by atoms with Gasteiger partial charge in [0.05, 0.1) is 12.9 Å². The molecule has 116 valence electrons. The Morgan fingerprint density at radius 1 is 1.20 bits per heavy atom. The van der Waals surface area contributed by atoms with E-state index < -0.39 is 0 Å². The van der Waals surface area contributed by atoms with Crippen molar-refractivity contribution in [2.45, 2.75) is 71.8 Å². The van der Waals surface area contributed by atoms with Crippen LogP contribution in [0.5, 0.6) is 0 Å². The van der Waals surface area contributed by atoms with E-state index in [9.17, 15) is 0 Å². The van der Waals surface area contributed by atoms with Gasteiger partial charge in [-0.05, 0) is 74.8 Å². The van der Waals surface area contributed by atoms with Crippen LogP contribution in [0.4, 0.5) is 0 Å². The van der Waals surface area contributed by atoms with Crippen molar-refractivity contribution < 1.29 is 4.74 Å². The molecule has 1 fully saturated rings. The number of nitrogens with one attached hydrogen (secondary N) is 1. The quantitative estimate of drug-likeness (QED) is 0.772. The number of ether oxygens (including phenoxy) is 1. The van der Waals surface area contributed by atoms with Gasteiger partial charge < -0.3 is 10.1 Å². The van der Waals surface area contributed by atoms with Crippen molar-refractivity contribution in [1.29, 1.82) is 0 Å². The zero-order valence-electron chi connectivity index (χ0n) is 13.7. The molecule has 2 nitrogen and oxygen atoms in total. The maximum absolute atomic E-state index is 5.59. The lowest BCUT2D eigenvalue weighted by Crippen LogP contribution is -2.41. The average Bonchev–Trinajstić information content (AvgIpc) is 2.49. The average molecular weight is 279 g/mol. The van der Waals surface area contributed by atoms with Crippen molar-refractivity contribution in [3.8, 4) is 0 Å². The van der Waals surface area contributed by atoms with Crippen LogP contribution in [-0.4, -0.2) is 19.2 Å². The fraction of sp³-hybridized carbons (Fsp3) is 0.889. The van der Waals surface area contributed by atoms with Crippen LogP contribution in [0.15, 0.2) is 11.8 Å². The molecule has 1 unspecified atom stereocenters. The van der Waals surface area contributed by atoms with E-state index in [1.807, 2.05) is 0 Å². The second-order valence-electron chi connectivity index (χ2n) is 7.02. The summed E-state index contributed by atoms with van der Waals surface area (Å²) >= 11 is 0. The van der Waals surface area contributed by atoms with Gasteiger partial charge in [0.25, 0.3) is 0 Å². The number of rotatable bonds is 6. The third-order valence-corrected chi connectivity index (χ3v) is 5.21. The molecule has 0 aromatic heterocycles. The first-order valence-corrected chi connectivity index (χ1v) is 8.76. The maximum atomic E-state index is 5.59. The van der Waals surface area contributed by atoms with Crippen molar-refractivity contribution in [1.82, 2.24) is 5.32 Å². The highest BCUT2D eigenvalue weighted by molar-refractivity contribution is 5.12. The van der Waals surface area contributed by atoms with Crippen LogP contribution in [0.2, 0.25) is 0 Å². The Bertz CT molecular complexity index is 303. The van der Waals surface area contributed by atoms with Crippen molar-refractivity contribution in [3.63, 3.8) is 0 Å². The van der Waals surface area contributed by atoms with Crippen LogP contribution >= 0.6 is 0 Å². The largest absolute Gasteiger partial charge is 0.501 e. The summed E-state index contributed by atoms with van der Waals surface area (Å²) in [4.78, 5) is 0. The Morgan fingerprint density at radius 3 is 2.45 bits per heavy atom. The standard InChI is InChI=1S/C18H33NO/c1-4-11-19-18(17-6-5-12-20-13-17)16-9-7-15(8-10-16)14(2)3/h13-16,18-19H,4-12H2,1-3H3. The van der Waals surface area contributed by atoms with Crippen LogP contribution in [0.1, 0.15) is 65.7 Å². The molecule has 0 amide bonds. The summed E-state index contributed by atoms with van der Waals surface area (Å²) in [6.07, 6.45) is 11.3. The molecule has 2 rings (SSSR count). The topological polar surface area (TPSA) is 21.3 Å². The molecule has 20 heavy (non-hydrogen) atoms. The predicted octanol–water partition coefficient (Wildman–Crippen LogP) is 4.51. The molecule has 1 N–H and O–H groups in total. The van der Waals surface area contributed by atoms with Crippen molar-refractivity contribution in [2.24, 2.45) is 17.8 Å². The minimum Gasteiger partial charge on any atom is -0.501 e. The number of hydrogen-bond donors (Lipinski definition) is 1. The first-order valence-electron chi connectivity index (χ1n) is 8.76. The fourth-order valence-electron chi connectivity index (χ4n) is 3.86. The van der Waals surface area contributed by atoms with Gasteiger partial charge in [0.1, 0.15) is 0 Å². The van der Waals surface area contributed by atoms with Gasteiger partial charge in [0.15, 0.2) is 0 Å².